The molecule has 76 valence electrons. The number of hydrogen-bond acceptors (Lipinski definition) is 0. The van der Waals surface area contributed by atoms with E-state index in [2.05, 4.69) is 53.0 Å². The smallest absolute Gasteiger partial charge is 0.00455 e. The Morgan fingerprint density at radius 1 is 1.38 bits per heavy atom. The lowest BCUT2D eigenvalue weighted by Crippen LogP contribution is -2.27. The minimum absolute atomic E-state index is 0.275. The van der Waals surface area contributed by atoms with Crippen LogP contribution in [-0.4, -0.2) is 0 Å². The SMILES string of the molecule is C=C=CC(C)(CC)C(C)C(C)CC. The van der Waals surface area contributed by atoms with Gasteiger partial charge >= 0.3 is 0 Å². The van der Waals surface area contributed by atoms with Gasteiger partial charge in [0.25, 0.3) is 0 Å². The Morgan fingerprint density at radius 3 is 2.23 bits per heavy atom. The molecule has 0 rings (SSSR count). The van der Waals surface area contributed by atoms with E-state index in [1.54, 1.807) is 0 Å². The topological polar surface area (TPSA) is 0 Å². The molecular weight excluding hydrogens is 156 g/mol. The average Bonchev–Trinajstić information content (AvgIpc) is 2.15. The van der Waals surface area contributed by atoms with Crippen LogP contribution in [0.3, 0.4) is 0 Å². The zero-order chi connectivity index (χ0) is 10.5. The number of hydrogen-bond donors (Lipinski definition) is 0. The van der Waals surface area contributed by atoms with Gasteiger partial charge in [-0.15, -0.1) is 5.73 Å². The molecule has 13 heavy (non-hydrogen) atoms. The molecule has 0 fully saturated rings. The standard InChI is InChI=1S/C13H24/c1-7-10-13(6,9-3)12(5)11(4)8-2/h10-12H,1,8-9H2,2-6H3. The fraction of sp³-hybridized carbons (Fsp3) is 0.769. The maximum Gasteiger partial charge on any atom is -0.00455 e. The van der Waals surface area contributed by atoms with Crippen LogP contribution in [-0.2, 0) is 0 Å². The van der Waals surface area contributed by atoms with Crippen LogP contribution in [0.4, 0.5) is 0 Å². The van der Waals surface area contributed by atoms with E-state index in [0.29, 0.717) is 5.92 Å². The monoisotopic (exact) mass is 180 g/mol. The molecule has 0 heteroatoms. The van der Waals surface area contributed by atoms with E-state index in [4.69, 9.17) is 0 Å². The van der Waals surface area contributed by atoms with Crippen molar-refractivity contribution in [1.82, 2.24) is 0 Å². The summed E-state index contributed by atoms with van der Waals surface area (Å²) >= 11 is 0. The van der Waals surface area contributed by atoms with Gasteiger partial charge in [0.1, 0.15) is 0 Å². The summed E-state index contributed by atoms with van der Waals surface area (Å²) in [5.41, 5.74) is 3.22. The molecule has 3 atom stereocenters. The second kappa shape index (κ2) is 5.29. The Balaban J connectivity index is 4.64. The zero-order valence-electron chi connectivity index (χ0n) is 9.85. The maximum absolute atomic E-state index is 3.68. The molecule has 0 aliphatic carbocycles. The lowest BCUT2D eigenvalue weighted by molar-refractivity contribution is 0.189. The first-order valence-corrected chi connectivity index (χ1v) is 5.38. The Morgan fingerprint density at radius 2 is 1.92 bits per heavy atom. The van der Waals surface area contributed by atoms with E-state index in [1.165, 1.54) is 12.8 Å². The van der Waals surface area contributed by atoms with Gasteiger partial charge in [-0.2, -0.15) is 0 Å². The van der Waals surface area contributed by atoms with Crippen LogP contribution in [0.1, 0.15) is 47.5 Å². The molecule has 0 saturated carbocycles. The van der Waals surface area contributed by atoms with Crippen LogP contribution < -0.4 is 0 Å². The Bertz CT molecular complexity index is 186. The van der Waals surface area contributed by atoms with Crippen LogP contribution >= 0.6 is 0 Å². The van der Waals surface area contributed by atoms with E-state index in [9.17, 15) is 0 Å². The van der Waals surface area contributed by atoms with Gasteiger partial charge in [0.15, 0.2) is 0 Å². The second-order valence-corrected chi connectivity index (χ2v) is 4.38. The van der Waals surface area contributed by atoms with Gasteiger partial charge in [-0.05, 0) is 29.7 Å². The molecule has 0 nitrogen and oxygen atoms in total. The molecule has 0 aromatic carbocycles. The van der Waals surface area contributed by atoms with Gasteiger partial charge in [-0.25, -0.2) is 0 Å². The molecule has 0 spiro atoms. The Kier molecular flexibility index (Phi) is 5.10. The third-order valence-corrected chi connectivity index (χ3v) is 3.73. The van der Waals surface area contributed by atoms with E-state index in [-0.39, 0.29) is 5.41 Å². The lowest BCUT2D eigenvalue weighted by atomic mass is 9.70. The highest BCUT2D eigenvalue weighted by Gasteiger charge is 2.29. The van der Waals surface area contributed by atoms with Gasteiger partial charge in [0, 0.05) is 0 Å². The zero-order valence-corrected chi connectivity index (χ0v) is 9.85. The van der Waals surface area contributed by atoms with Gasteiger partial charge in [0.05, 0.1) is 0 Å². The fourth-order valence-corrected chi connectivity index (χ4v) is 1.79. The molecule has 0 bridgehead atoms. The van der Waals surface area contributed by atoms with Crippen molar-refractivity contribution >= 4 is 0 Å². The summed E-state index contributed by atoms with van der Waals surface area (Å²) in [5.74, 6) is 1.48. The van der Waals surface area contributed by atoms with Crippen molar-refractivity contribution in [3.05, 3.63) is 18.4 Å². The number of rotatable bonds is 5. The van der Waals surface area contributed by atoms with Crippen molar-refractivity contribution in [3.63, 3.8) is 0 Å². The van der Waals surface area contributed by atoms with Crippen LogP contribution in [0.5, 0.6) is 0 Å². The van der Waals surface area contributed by atoms with Crippen molar-refractivity contribution in [2.75, 3.05) is 0 Å². The van der Waals surface area contributed by atoms with Crippen molar-refractivity contribution in [2.24, 2.45) is 17.3 Å². The van der Waals surface area contributed by atoms with Crippen molar-refractivity contribution in [1.29, 1.82) is 0 Å². The highest BCUT2D eigenvalue weighted by atomic mass is 14.3. The summed E-state index contributed by atoms with van der Waals surface area (Å²) in [6, 6.07) is 0. The van der Waals surface area contributed by atoms with Gasteiger partial charge in [-0.3, -0.25) is 0 Å². The normalized spacial score (nSPS) is 19.8. The molecule has 3 unspecified atom stereocenters. The van der Waals surface area contributed by atoms with Crippen molar-refractivity contribution in [3.8, 4) is 0 Å². The Hall–Kier alpha value is -0.480. The predicted octanol–water partition coefficient (Wildman–Crippen LogP) is 4.43. The molecule has 0 saturated heterocycles. The minimum Gasteiger partial charge on any atom is -0.132 e. The first-order chi connectivity index (χ1) is 6.01. The second-order valence-electron chi connectivity index (χ2n) is 4.38. The molecule has 0 amide bonds. The summed E-state index contributed by atoms with van der Waals surface area (Å²) < 4.78 is 0. The Labute approximate surface area is 83.7 Å². The van der Waals surface area contributed by atoms with Crippen LogP contribution in [0.25, 0.3) is 0 Å². The summed E-state index contributed by atoms with van der Waals surface area (Å²) in [5, 5.41) is 0. The molecule has 0 N–H and O–H groups in total. The van der Waals surface area contributed by atoms with Gasteiger partial charge in [-0.1, -0.05) is 47.6 Å². The summed E-state index contributed by atoms with van der Waals surface area (Å²) in [6.07, 6.45) is 4.56. The summed E-state index contributed by atoms with van der Waals surface area (Å²) in [4.78, 5) is 0. The molecule has 0 aliphatic rings. The quantitative estimate of drug-likeness (QED) is 0.549. The first kappa shape index (κ1) is 12.5. The largest absolute Gasteiger partial charge is 0.132 e. The van der Waals surface area contributed by atoms with Crippen molar-refractivity contribution < 1.29 is 0 Å². The van der Waals surface area contributed by atoms with E-state index < -0.39 is 0 Å². The summed E-state index contributed by atoms with van der Waals surface area (Å²) in [7, 11) is 0. The van der Waals surface area contributed by atoms with E-state index in [0.717, 1.165) is 5.92 Å². The fourth-order valence-electron chi connectivity index (χ4n) is 1.79. The first-order valence-electron chi connectivity index (χ1n) is 5.38. The van der Waals surface area contributed by atoms with E-state index in [1.807, 2.05) is 0 Å². The highest BCUT2D eigenvalue weighted by Crippen LogP contribution is 2.37. The van der Waals surface area contributed by atoms with Crippen LogP contribution in [0, 0.1) is 17.3 Å². The molecular formula is C13H24. The van der Waals surface area contributed by atoms with Crippen LogP contribution in [0.15, 0.2) is 18.4 Å². The maximum atomic E-state index is 3.68. The third-order valence-electron chi connectivity index (χ3n) is 3.73. The van der Waals surface area contributed by atoms with E-state index >= 15 is 0 Å². The van der Waals surface area contributed by atoms with Gasteiger partial charge < -0.3 is 0 Å². The molecule has 0 aliphatic heterocycles. The lowest BCUT2D eigenvalue weighted by Gasteiger charge is -2.35. The number of allylic oxidation sites excluding steroid dienone is 1. The van der Waals surface area contributed by atoms with Crippen LogP contribution in [0.2, 0.25) is 0 Å². The predicted molar refractivity (Wildman–Crippen MR) is 60.7 cm³/mol. The average molecular weight is 180 g/mol. The molecule has 0 heterocycles. The summed E-state index contributed by atoms with van der Waals surface area (Å²) in [6.45, 7) is 15.2. The minimum atomic E-state index is 0.275. The third kappa shape index (κ3) is 3.04. The molecule has 0 aromatic rings. The molecule has 0 aromatic heterocycles. The highest BCUT2D eigenvalue weighted by molar-refractivity contribution is 4.98. The molecule has 0 radical (unpaired) electrons. The van der Waals surface area contributed by atoms with Gasteiger partial charge in [0.2, 0.25) is 0 Å². The van der Waals surface area contributed by atoms with Crippen molar-refractivity contribution in [2.45, 2.75) is 47.5 Å².